The lowest BCUT2D eigenvalue weighted by atomic mass is 10.0. The van der Waals surface area contributed by atoms with Gasteiger partial charge in [0.25, 0.3) is 5.91 Å². The number of pyridine rings is 2. The minimum atomic E-state index is -3.69. The molecule has 0 aliphatic carbocycles. The smallest absolute Gasteiger partial charge is 0.252 e. The number of hydrogen-bond donors (Lipinski definition) is 2. The number of piperidine rings is 1. The van der Waals surface area contributed by atoms with E-state index in [1.54, 1.807) is 18.5 Å². The van der Waals surface area contributed by atoms with Crippen molar-refractivity contribution in [3.05, 3.63) is 70.3 Å². The normalized spacial score (nSPS) is 17.5. The van der Waals surface area contributed by atoms with E-state index in [4.69, 9.17) is 0 Å². The van der Waals surface area contributed by atoms with Crippen molar-refractivity contribution in [1.82, 2.24) is 19.6 Å². The predicted molar refractivity (Wildman–Crippen MR) is 117 cm³/mol. The van der Waals surface area contributed by atoms with Gasteiger partial charge in [-0.05, 0) is 48.6 Å². The first-order valence-electron chi connectivity index (χ1n) is 10.2. The maximum Gasteiger partial charge on any atom is 0.252 e. The first kappa shape index (κ1) is 21.2. The van der Waals surface area contributed by atoms with Gasteiger partial charge in [-0.3, -0.25) is 14.6 Å². The average molecular weight is 441 g/mol. The standard InChI is InChI=1S/C22H24N4O4S/c1-15-4-3-9-26(14-15)31(29,30)17-6-7-20-18(10-17)19(11-21(27)25-20)22(28)24-13-16-5-2-8-23-12-16/h2,5-8,10-12,15H,3-4,9,13-14H2,1H3,(H,24,28)(H,25,27). The molecule has 9 heteroatoms. The molecule has 3 aromatic rings. The fourth-order valence-corrected chi connectivity index (χ4v) is 5.50. The molecule has 1 unspecified atom stereocenters. The summed E-state index contributed by atoms with van der Waals surface area (Å²) in [5.41, 5.74) is 0.920. The van der Waals surface area contributed by atoms with Crippen LogP contribution in [0.3, 0.4) is 0 Å². The molecule has 1 amide bonds. The van der Waals surface area contributed by atoms with Crippen molar-refractivity contribution in [3.63, 3.8) is 0 Å². The molecule has 1 fully saturated rings. The Bertz CT molecular complexity index is 1270. The van der Waals surface area contributed by atoms with Gasteiger partial charge in [-0.1, -0.05) is 13.0 Å². The molecule has 3 heterocycles. The summed E-state index contributed by atoms with van der Waals surface area (Å²) < 4.78 is 27.9. The largest absolute Gasteiger partial charge is 0.348 e. The van der Waals surface area contributed by atoms with Gasteiger partial charge in [0.1, 0.15) is 0 Å². The second-order valence-corrected chi connectivity index (χ2v) is 9.85. The third-order valence-corrected chi connectivity index (χ3v) is 7.35. The second kappa shape index (κ2) is 8.60. The van der Waals surface area contributed by atoms with Gasteiger partial charge >= 0.3 is 0 Å². The highest BCUT2D eigenvalue weighted by Crippen LogP contribution is 2.26. The Balaban J connectivity index is 1.69. The Labute approximate surface area is 180 Å². The summed E-state index contributed by atoms with van der Waals surface area (Å²) in [6, 6.07) is 9.27. The summed E-state index contributed by atoms with van der Waals surface area (Å²) in [5, 5.41) is 3.15. The van der Waals surface area contributed by atoms with Crippen LogP contribution >= 0.6 is 0 Å². The number of nitrogens with zero attached hydrogens (tertiary/aromatic N) is 2. The summed E-state index contributed by atoms with van der Waals surface area (Å²) in [7, 11) is -3.69. The molecule has 1 aliphatic heterocycles. The number of carbonyl (C=O) groups excluding carboxylic acids is 1. The number of benzene rings is 1. The zero-order valence-electron chi connectivity index (χ0n) is 17.2. The topological polar surface area (TPSA) is 112 Å². The van der Waals surface area contributed by atoms with Crippen LogP contribution in [0, 0.1) is 5.92 Å². The highest BCUT2D eigenvalue weighted by molar-refractivity contribution is 7.89. The van der Waals surface area contributed by atoms with E-state index in [0.29, 0.717) is 29.9 Å². The molecule has 31 heavy (non-hydrogen) atoms. The molecule has 4 rings (SSSR count). The van der Waals surface area contributed by atoms with Gasteiger partial charge in [-0.15, -0.1) is 0 Å². The summed E-state index contributed by atoms with van der Waals surface area (Å²) in [5.74, 6) is -0.157. The van der Waals surface area contributed by atoms with Crippen LogP contribution in [0.25, 0.3) is 10.9 Å². The van der Waals surface area contributed by atoms with Crippen molar-refractivity contribution in [2.45, 2.75) is 31.2 Å². The van der Waals surface area contributed by atoms with Gasteiger partial charge in [0, 0.05) is 49.0 Å². The van der Waals surface area contributed by atoms with Gasteiger partial charge in [-0.2, -0.15) is 4.31 Å². The SMILES string of the molecule is CC1CCCN(S(=O)(=O)c2ccc3[nH]c(=O)cc(C(=O)NCc4cccnc4)c3c2)C1. The number of aromatic nitrogens is 2. The lowest BCUT2D eigenvalue weighted by Crippen LogP contribution is -2.39. The van der Waals surface area contributed by atoms with Crippen LogP contribution in [-0.2, 0) is 16.6 Å². The third-order valence-electron chi connectivity index (χ3n) is 5.49. The molecule has 2 aromatic heterocycles. The molecule has 1 saturated heterocycles. The highest BCUT2D eigenvalue weighted by atomic mass is 32.2. The first-order chi connectivity index (χ1) is 14.8. The Morgan fingerprint density at radius 3 is 2.87 bits per heavy atom. The van der Waals surface area contributed by atoms with Crippen molar-refractivity contribution >= 4 is 26.8 Å². The maximum absolute atomic E-state index is 13.2. The molecule has 8 nitrogen and oxygen atoms in total. The predicted octanol–water partition coefficient (Wildman–Crippen LogP) is 2.27. The van der Waals surface area contributed by atoms with Crippen LogP contribution in [0.2, 0.25) is 0 Å². The highest BCUT2D eigenvalue weighted by Gasteiger charge is 2.29. The number of aromatic amines is 1. The van der Waals surface area contributed by atoms with Crippen LogP contribution in [-0.4, -0.2) is 41.7 Å². The van der Waals surface area contributed by atoms with Gasteiger partial charge < -0.3 is 10.3 Å². The monoisotopic (exact) mass is 440 g/mol. The van der Waals surface area contributed by atoms with E-state index in [-0.39, 0.29) is 17.0 Å². The fraction of sp³-hybridized carbons (Fsp3) is 0.318. The van der Waals surface area contributed by atoms with E-state index in [1.165, 1.54) is 28.6 Å². The number of sulfonamides is 1. The molecule has 0 spiro atoms. The first-order valence-corrected chi connectivity index (χ1v) is 11.6. The van der Waals surface area contributed by atoms with E-state index < -0.39 is 21.5 Å². The maximum atomic E-state index is 13.2. The van der Waals surface area contributed by atoms with Crippen molar-refractivity contribution in [2.75, 3.05) is 13.1 Å². The van der Waals surface area contributed by atoms with Crippen molar-refractivity contribution < 1.29 is 13.2 Å². The Hall–Kier alpha value is -3.04. The van der Waals surface area contributed by atoms with Gasteiger partial charge in [0.2, 0.25) is 15.6 Å². The number of hydrogen-bond acceptors (Lipinski definition) is 5. The number of amides is 1. The van der Waals surface area contributed by atoms with Gasteiger partial charge in [0.15, 0.2) is 0 Å². The Morgan fingerprint density at radius 1 is 1.29 bits per heavy atom. The van der Waals surface area contributed by atoms with E-state index in [0.717, 1.165) is 18.4 Å². The third kappa shape index (κ3) is 4.52. The molecule has 0 radical (unpaired) electrons. The fourth-order valence-electron chi connectivity index (χ4n) is 3.88. The molecule has 1 aliphatic rings. The molecular weight excluding hydrogens is 416 g/mol. The van der Waals surface area contributed by atoms with Crippen LogP contribution < -0.4 is 10.9 Å². The minimum Gasteiger partial charge on any atom is -0.348 e. The molecule has 1 atom stereocenters. The van der Waals surface area contributed by atoms with E-state index in [1.807, 2.05) is 13.0 Å². The summed E-state index contributed by atoms with van der Waals surface area (Å²) in [4.78, 5) is 31.7. The minimum absolute atomic E-state index is 0.113. The number of H-pyrrole nitrogens is 1. The Kier molecular flexibility index (Phi) is 5.88. The van der Waals surface area contributed by atoms with E-state index in [9.17, 15) is 18.0 Å². The zero-order valence-corrected chi connectivity index (χ0v) is 18.0. The van der Waals surface area contributed by atoms with Crippen LogP contribution in [0.15, 0.2) is 58.5 Å². The van der Waals surface area contributed by atoms with E-state index in [2.05, 4.69) is 15.3 Å². The number of carbonyl (C=O) groups is 1. The Morgan fingerprint density at radius 2 is 2.13 bits per heavy atom. The molecule has 1 aromatic carbocycles. The zero-order chi connectivity index (χ0) is 22.0. The quantitative estimate of drug-likeness (QED) is 0.632. The summed E-state index contributed by atoms with van der Waals surface area (Å²) in [6.07, 6.45) is 5.11. The van der Waals surface area contributed by atoms with Crippen molar-refractivity contribution in [3.8, 4) is 0 Å². The van der Waals surface area contributed by atoms with Crippen LogP contribution in [0.4, 0.5) is 0 Å². The molecule has 162 valence electrons. The van der Waals surface area contributed by atoms with Gasteiger partial charge in [-0.25, -0.2) is 8.42 Å². The molecule has 0 bridgehead atoms. The lowest BCUT2D eigenvalue weighted by molar-refractivity contribution is 0.0952. The molecule has 0 saturated carbocycles. The summed E-state index contributed by atoms with van der Waals surface area (Å²) in [6.45, 7) is 3.24. The van der Waals surface area contributed by atoms with Crippen molar-refractivity contribution in [1.29, 1.82) is 0 Å². The van der Waals surface area contributed by atoms with E-state index >= 15 is 0 Å². The number of rotatable bonds is 5. The number of nitrogens with one attached hydrogen (secondary N) is 2. The number of fused-ring (bicyclic) bond motifs is 1. The lowest BCUT2D eigenvalue weighted by Gasteiger charge is -2.30. The molecular formula is C22H24N4O4S. The van der Waals surface area contributed by atoms with Crippen LogP contribution in [0.5, 0.6) is 0 Å². The summed E-state index contributed by atoms with van der Waals surface area (Å²) >= 11 is 0. The van der Waals surface area contributed by atoms with Gasteiger partial charge in [0.05, 0.1) is 10.5 Å². The second-order valence-electron chi connectivity index (χ2n) is 7.91. The van der Waals surface area contributed by atoms with Crippen LogP contribution in [0.1, 0.15) is 35.7 Å². The average Bonchev–Trinajstić information content (AvgIpc) is 2.77. The molecule has 2 N–H and O–H groups in total. The van der Waals surface area contributed by atoms with Crippen molar-refractivity contribution in [2.24, 2.45) is 5.92 Å².